The van der Waals surface area contributed by atoms with Gasteiger partial charge in [-0.2, -0.15) is 0 Å². The molecule has 0 saturated carbocycles. The molecule has 0 aliphatic carbocycles. The van der Waals surface area contributed by atoms with Gasteiger partial charge in [-0.3, -0.25) is 4.99 Å². The van der Waals surface area contributed by atoms with Crippen LogP contribution in [0.15, 0.2) is 41.5 Å². The van der Waals surface area contributed by atoms with Gasteiger partial charge in [-0.1, -0.05) is 18.2 Å². The van der Waals surface area contributed by atoms with E-state index >= 15 is 0 Å². The van der Waals surface area contributed by atoms with Crippen molar-refractivity contribution in [3.8, 4) is 5.75 Å². The molecule has 0 aliphatic heterocycles. The first-order valence-electron chi connectivity index (χ1n) is 7.52. The Morgan fingerprint density at radius 1 is 1.30 bits per heavy atom. The lowest BCUT2D eigenvalue weighted by atomic mass is 10.1. The van der Waals surface area contributed by atoms with Gasteiger partial charge < -0.3 is 15.4 Å². The number of rotatable bonds is 5. The average molecular weight is 313 g/mol. The van der Waals surface area contributed by atoms with Crippen LogP contribution in [-0.4, -0.2) is 30.1 Å². The molecule has 6 nitrogen and oxygen atoms in total. The van der Waals surface area contributed by atoms with Gasteiger partial charge in [0.1, 0.15) is 11.6 Å². The summed E-state index contributed by atoms with van der Waals surface area (Å²) in [5, 5.41) is 6.62. The molecular weight excluding hydrogens is 290 g/mol. The molecule has 1 unspecified atom stereocenters. The summed E-state index contributed by atoms with van der Waals surface area (Å²) in [6.45, 7) is 4.53. The second kappa shape index (κ2) is 8.12. The third-order valence-corrected chi connectivity index (χ3v) is 3.45. The van der Waals surface area contributed by atoms with E-state index in [-0.39, 0.29) is 6.04 Å². The summed E-state index contributed by atoms with van der Waals surface area (Å²) in [6, 6.07) is 9.89. The van der Waals surface area contributed by atoms with Crippen molar-refractivity contribution in [1.29, 1.82) is 0 Å². The van der Waals surface area contributed by atoms with Crippen molar-refractivity contribution in [3.05, 3.63) is 53.6 Å². The lowest BCUT2D eigenvalue weighted by molar-refractivity contribution is 0.405. The highest BCUT2D eigenvalue weighted by Gasteiger charge is 2.12. The Kier molecular flexibility index (Phi) is 5.91. The largest absolute Gasteiger partial charge is 0.496 e. The number of nitrogens with one attached hydrogen (secondary N) is 2. The second-order valence-corrected chi connectivity index (χ2v) is 5.13. The number of ether oxygens (including phenoxy) is 1. The van der Waals surface area contributed by atoms with Gasteiger partial charge in [0.05, 0.1) is 25.4 Å². The van der Waals surface area contributed by atoms with Crippen LogP contribution in [-0.2, 0) is 6.54 Å². The van der Waals surface area contributed by atoms with Crippen LogP contribution in [0, 0.1) is 6.92 Å². The van der Waals surface area contributed by atoms with Crippen LogP contribution in [0.5, 0.6) is 5.75 Å². The first kappa shape index (κ1) is 16.7. The summed E-state index contributed by atoms with van der Waals surface area (Å²) in [5.41, 5.74) is 2.00. The maximum absolute atomic E-state index is 5.41. The van der Waals surface area contributed by atoms with Gasteiger partial charge in [-0.05, 0) is 26.0 Å². The van der Waals surface area contributed by atoms with Gasteiger partial charge in [0, 0.05) is 18.8 Å². The first-order chi connectivity index (χ1) is 11.1. The van der Waals surface area contributed by atoms with Crippen LogP contribution >= 0.6 is 0 Å². The second-order valence-electron chi connectivity index (χ2n) is 5.13. The van der Waals surface area contributed by atoms with E-state index in [0.29, 0.717) is 12.5 Å². The molecule has 0 fully saturated rings. The minimum atomic E-state index is 0.0597. The standard InChI is InChI=1S/C17H23N5O/c1-12(15-7-5-6-8-16(15)23-4)21-17(18-3)20-11-14-9-10-19-13(2)22-14/h5-10,12H,11H2,1-4H3,(H2,18,20,21). The van der Waals surface area contributed by atoms with Crippen LogP contribution in [0.2, 0.25) is 0 Å². The van der Waals surface area contributed by atoms with E-state index in [0.717, 1.165) is 22.8 Å². The number of guanidine groups is 1. The third-order valence-electron chi connectivity index (χ3n) is 3.45. The minimum absolute atomic E-state index is 0.0597. The van der Waals surface area contributed by atoms with E-state index in [1.54, 1.807) is 20.4 Å². The molecule has 0 spiro atoms. The summed E-state index contributed by atoms with van der Waals surface area (Å²) in [7, 11) is 3.42. The molecule has 1 atom stereocenters. The third kappa shape index (κ3) is 4.67. The molecule has 0 aliphatic rings. The number of aromatic nitrogens is 2. The average Bonchev–Trinajstić information content (AvgIpc) is 2.58. The molecule has 0 amide bonds. The Morgan fingerprint density at radius 3 is 2.78 bits per heavy atom. The number of para-hydroxylation sites is 1. The SMILES string of the molecule is CN=C(NCc1ccnc(C)n1)NC(C)c1ccccc1OC. The number of methoxy groups -OCH3 is 1. The van der Waals surface area contributed by atoms with E-state index in [2.05, 4.69) is 32.5 Å². The summed E-state index contributed by atoms with van der Waals surface area (Å²) in [5.74, 6) is 2.32. The van der Waals surface area contributed by atoms with Crippen LogP contribution in [0.1, 0.15) is 30.0 Å². The molecule has 6 heteroatoms. The van der Waals surface area contributed by atoms with E-state index < -0.39 is 0 Å². The van der Waals surface area contributed by atoms with Crippen molar-refractivity contribution >= 4 is 5.96 Å². The molecule has 1 aromatic carbocycles. The van der Waals surface area contributed by atoms with E-state index in [4.69, 9.17) is 4.74 Å². The molecule has 2 aromatic rings. The quantitative estimate of drug-likeness (QED) is 0.654. The maximum Gasteiger partial charge on any atom is 0.191 e. The highest BCUT2D eigenvalue weighted by Crippen LogP contribution is 2.24. The zero-order valence-electron chi connectivity index (χ0n) is 14.0. The van der Waals surface area contributed by atoms with Crippen molar-refractivity contribution in [2.45, 2.75) is 26.4 Å². The van der Waals surface area contributed by atoms with Gasteiger partial charge in [-0.25, -0.2) is 9.97 Å². The van der Waals surface area contributed by atoms with Crippen LogP contribution in [0.4, 0.5) is 0 Å². The fraction of sp³-hybridized carbons (Fsp3) is 0.353. The molecule has 0 radical (unpaired) electrons. The molecule has 2 N–H and O–H groups in total. The van der Waals surface area contributed by atoms with Crippen molar-refractivity contribution in [3.63, 3.8) is 0 Å². The Hall–Kier alpha value is -2.63. The molecule has 2 rings (SSSR count). The molecule has 23 heavy (non-hydrogen) atoms. The fourth-order valence-corrected chi connectivity index (χ4v) is 2.28. The smallest absolute Gasteiger partial charge is 0.191 e. The Bertz CT molecular complexity index is 672. The zero-order valence-corrected chi connectivity index (χ0v) is 14.0. The number of nitrogens with zero attached hydrogens (tertiary/aromatic N) is 3. The highest BCUT2D eigenvalue weighted by atomic mass is 16.5. The van der Waals surface area contributed by atoms with Crippen molar-refractivity contribution in [2.75, 3.05) is 14.2 Å². The maximum atomic E-state index is 5.41. The summed E-state index contributed by atoms with van der Waals surface area (Å²) in [6.07, 6.45) is 1.76. The van der Waals surface area contributed by atoms with Crippen molar-refractivity contribution in [2.24, 2.45) is 4.99 Å². The lowest BCUT2D eigenvalue weighted by Crippen LogP contribution is -2.38. The topological polar surface area (TPSA) is 71.4 Å². The number of benzene rings is 1. The number of aryl methyl sites for hydroxylation is 1. The Balaban J connectivity index is 1.99. The summed E-state index contributed by atoms with van der Waals surface area (Å²) in [4.78, 5) is 12.7. The zero-order chi connectivity index (χ0) is 16.7. The molecule has 1 aromatic heterocycles. The van der Waals surface area contributed by atoms with Crippen LogP contribution in [0.25, 0.3) is 0 Å². The van der Waals surface area contributed by atoms with E-state index in [9.17, 15) is 0 Å². The van der Waals surface area contributed by atoms with Crippen molar-refractivity contribution in [1.82, 2.24) is 20.6 Å². The van der Waals surface area contributed by atoms with Crippen LogP contribution in [0.3, 0.4) is 0 Å². The molecule has 1 heterocycles. The predicted molar refractivity (Wildman–Crippen MR) is 91.5 cm³/mol. The predicted octanol–water partition coefficient (Wildman–Crippen LogP) is 2.22. The summed E-state index contributed by atoms with van der Waals surface area (Å²) < 4.78 is 5.41. The number of hydrogen-bond donors (Lipinski definition) is 2. The highest BCUT2D eigenvalue weighted by molar-refractivity contribution is 5.80. The fourth-order valence-electron chi connectivity index (χ4n) is 2.28. The Labute approximate surface area is 137 Å². The normalized spacial score (nSPS) is 12.6. The van der Waals surface area contributed by atoms with Gasteiger partial charge in [0.25, 0.3) is 0 Å². The molecule has 0 bridgehead atoms. The first-order valence-corrected chi connectivity index (χ1v) is 7.52. The van der Waals surface area contributed by atoms with Gasteiger partial charge in [-0.15, -0.1) is 0 Å². The minimum Gasteiger partial charge on any atom is -0.496 e. The number of aliphatic imine (C=N–C) groups is 1. The molecule has 0 saturated heterocycles. The van der Waals surface area contributed by atoms with Crippen molar-refractivity contribution < 1.29 is 4.74 Å². The monoisotopic (exact) mass is 313 g/mol. The van der Waals surface area contributed by atoms with E-state index in [1.165, 1.54) is 0 Å². The summed E-state index contributed by atoms with van der Waals surface area (Å²) >= 11 is 0. The van der Waals surface area contributed by atoms with E-state index in [1.807, 2.05) is 37.3 Å². The van der Waals surface area contributed by atoms with Gasteiger partial charge in [0.15, 0.2) is 5.96 Å². The molecule has 122 valence electrons. The van der Waals surface area contributed by atoms with Gasteiger partial charge in [0.2, 0.25) is 0 Å². The number of hydrogen-bond acceptors (Lipinski definition) is 4. The van der Waals surface area contributed by atoms with Crippen LogP contribution < -0.4 is 15.4 Å². The van der Waals surface area contributed by atoms with Gasteiger partial charge >= 0.3 is 0 Å². The molecular formula is C17H23N5O. The lowest BCUT2D eigenvalue weighted by Gasteiger charge is -2.20. The Morgan fingerprint density at radius 2 is 2.09 bits per heavy atom.